The zero-order valence-corrected chi connectivity index (χ0v) is 13.3. The molecule has 1 aromatic heterocycles. The Labute approximate surface area is 121 Å². The monoisotopic (exact) mass is 279 g/mol. The molecule has 1 aliphatic carbocycles. The highest BCUT2D eigenvalue weighted by Gasteiger charge is 2.28. The summed E-state index contributed by atoms with van der Waals surface area (Å²) in [5, 5.41) is 5.23. The first-order valence-corrected chi connectivity index (χ1v) is 8.32. The number of anilines is 1. The van der Waals surface area contributed by atoms with Gasteiger partial charge in [-0.15, -0.1) is 11.8 Å². The van der Waals surface area contributed by atoms with Crippen LogP contribution in [0.5, 0.6) is 0 Å². The summed E-state index contributed by atoms with van der Waals surface area (Å²) in [7, 11) is 0. The van der Waals surface area contributed by atoms with Gasteiger partial charge in [0.15, 0.2) is 0 Å². The summed E-state index contributed by atoms with van der Waals surface area (Å²) in [5.41, 5.74) is 1.21. The molecule has 1 aliphatic rings. The predicted octanol–water partition coefficient (Wildman–Crippen LogP) is 4.37. The lowest BCUT2D eigenvalue weighted by Gasteiger charge is -2.15. The van der Waals surface area contributed by atoms with Gasteiger partial charge in [-0.25, -0.2) is 9.97 Å². The van der Waals surface area contributed by atoms with Crippen molar-refractivity contribution in [2.75, 3.05) is 11.9 Å². The van der Waals surface area contributed by atoms with E-state index in [-0.39, 0.29) is 0 Å². The van der Waals surface area contributed by atoms with E-state index >= 15 is 0 Å². The molecule has 0 radical (unpaired) electrons. The lowest BCUT2D eigenvalue weighted by atomic mass is 10.3. The Kier molecular flexibility index (Phi) is 5.08. The molecule has 0 spiro atoms. The summed E-state index contributed by atoms with van der Waals surface area (Å²) in [5.74, 6) is 2.71. The molecule has 1 atom stereocenters. The highest BCUT2D eigenvalue weighted by atomic mass is 32.2. The molecular formula is C15H25N3S. The maximum absolute atomic E-state index is 4.80. The standard InChI is InChI=1S/C15H25N3S/c1-5-9-16-13-11(4)15(19-10(3)6-2)18-14(17-13)12-7-8-12/h10,12H,5-9H2,1-4H3,(H,16,17,18). The molecule has 0 saturated heterocycles. The first kappa shape index (κ1) is 14.6. The SMILES string of the molecule is CCCNc1nc(C2CC2)nc(SC(C)CC)c1C. The van der Waals surface area contributed by atoms with E-state index < -0.39 is 0 Å². The van der Waals surface area contributed by atoms with Crippen LogP contribution in [0.1, 0.15) is 63.8 Å². The van der Waals surface area contributed by atoms with E-state index in [1.54, 1.807) is 0 Å². The molecule has 3 nitrogen and oxygen atoms in total. The molecule has 1 saturated carbocycles. The van der Waals surface area contributed by atoms with Crippen LogP contribution in [0.2, 0.25) is 0 Å². The van der Waals surface area contributed by atoms with Crippen LogP contribution in [-0.4, -0.2) is 21.8 Å². The highest BCUT2D eigenvalue weighted by molar-refractivity contribution is 7.99. The molecule has 0 bridgehead atoms. The van der Waals surface area contributed by atoms with Crippen LogP contribution in [0.15, 0.2) is 5.03 Å². The van der Waals surface area contributed by atoms with Gasteiger partial charge in [0.2, 0.25) is 0 Å². The van der Waals surface area contributed by atoms with Crippen molar-refractivity contribution in [2.45, 2.75) is 69.6 Å². The first-order chi connectivity index (χ1) is 9.15. The van der Waals surface area contributed by atoms with Crippen molar-refractivity contribution in [3.05, 3.63) is 11.4 Å². The molecule has 1 aromatic rings. The van der Waals surface area contributed by atoms with E-state index in [0.29, 0.717) is 11.2 Å². The first-order valence-electron chi connectivity index (χ1n) is 7.44. The molecule has 2 rings (SSSR count). The second-order valence-corrected chi connectivity index (χ2v) is 6.83. The average molecular weight is 279 g/mol. The molecule has 106 valence electrons. The third-order valence-corrected chi connectivity index (χ3v) is 4.85. The number of hydrogen-bond acceptors (Lipinski definition) is 4. The Bertz CT molecular complexity index is 430. The molecule has 0 aromatic carbocycles. The Hall–Kier alpha value is -0.770. The third kappa shape index (κ3) is 3.85. The molecule has 1 fully saturated rings. The second-order valence-electron chi connectivity index (χ2n) is 5.40. The van der Waals surface area contributed by atoms with Crippen molar-refractivity contribution in [3.63, 3.8) is 0 Å². The summed E-state index contributed by atoms with van der Waals surface area (Å²) in [4.78, 5) is 9.53. The second kappa shape index (κ2) is 6.60. The van der Waals surface area contributed by atoms with Crippen molar-refractivity contribution in [1.29, 1.82) is 0 Å². The van der Waals surface area contributed by atoms with E-state index in [1.807, 2.05) is 11.8 Å². The van der Waals surface area contributed by atoms with Crippen molar-refractivity contribution >= 4 is 17.6 Å². The summed E-state index contributed by atoms with van der Waals surface area (Å²) >= 11 is 1.89. The minimum Gasteiger partial charge on any atom is -0.370 e. The smallest absolute Gasteiger partial charge is 0.135 e. The molecule has 19 heavy (non-hydrogen) atoms. The molecule has 4 heteroatoms. The maximum atomic E-state index is 4.80. The Morgan fingerprint density at radius 3 is 2.63 bits per heavy atom. The lowest BCUT2D eigenvalue weighted by Crippen LogP contribution is -2.09. The molecule has 1 N–H and O–H groups in total. The van der Waals surface area contributed by atoms with Crippen LogP contribution in [0.4, 0.5) is 5.82 Å². The van der Waals surface area contributed by atoms with E-state index in [2.05, 4.69) is 33.0 Å². The van der Waals surface area contributed by atoms with E-state index in [9.17, 15) is 0 Å². The van der Waals surface area contributed by atoms with Gasteiger partial charge in [0, 0.05) is 23.3 Å². The molecule has 1 unspecified atom stereocenters. The van der Waals surface area contributed by atoms with Gasteiger partial charge >= 0.3 is 0 Å². The van der Waals surface area contributed by atoms with Crippen molar-refractivity contribution in [2.24, 2.45) is 0 Å². The van der Waals surface area contributed by atoms with E-state index in [0.717, 1.165) is 24.6 Å². The zero-order chi connectivity index (χ0) is 13.8. The number of aromatic nitrogens is 2. The van der Waals surface area contributed by atoms with Crippen LogP contribution in [0.3, 0.4) is 0 Å². The number of rotatable bonds is 7. The van der Waals surface area contributed by atoms with Crippen molar-refractivity contribution in [1.82, 2.24) is 9.97 Å². The largest absolute Gasteiger partial charge is 0.370 e. The minimum atomic E-state index is 0.610. The number of nitrogens with zero attached hydrogens (tertiary/aromatic N) is 2. The van der Waals surface area contributed by atoms with Gasteiger partial charge in [0.25, 0.3) is 0 Å². The molecule has 0 aliphatic heterocycles. The van der Waals surface area contributed by atoms with Gasteiger partial charge in [-0.1, -0.05) is 20.8 Å². The highest BCUT2D eigenvalue weighted by Crippen LogP contribution is 2.40. The van der Waals surface area contributed by atoms with E-state index in [4.69, 9.17) is 9.97 Å². The normalized spacial score (nSPS) is 16.4. The lowest BCUT2D eigenvalue weighted by molar-refractivity contribution is 0.843. The summed E-state index contributed by atoms with van der Waals surface area (Å²) in [6.07, 6.45) is 4.80. The fourth-order valence-corrected chi connectivity index (χ4v) is 2.81. The number of hydrogen-bond donors (Lipinski definition) is 1. The van der Waals surface area contributed by atoms with Gasteiger partial charge in [0.1, 0.15) is 16.7 Å². The van der Waals surface area contributed by atoms with Crippen LogP contribution < -0.4 is 5.32 Å². The Balaban J connectivity index is 2.25. The van der Waals surface area contributed by atoms with Gasteiger partial charge < -0.3 is 5.32 Å². The van der Waals surface area contributed by atoms with Gasteiger partial charge in [-0.05, 0) is 32.6 Å². The molecular weight excluding hydrogens is 254 g/mol. The average Bonchev–Trinajstić information content (AvgIpc) is 3.23. The fraction of sp³-hybridized carbons (Fsp3) is 0.733. The van der Waals surface area contributed by atoms with Gasteiger partial charge in [-0.3, -0.25) is 0 Å². The quantitative estimate of drug-likeness (QED) is 0.594. The zero-order valence-electron chi connectivity index (χ0n) is 12.5. The van der Waals surface area contributed by atoms with Crippen LogP contribution >= 0.6 is 11.8 Å². The topological polar surface area (TPSA) is 37.8 Å². The maximum Gasteiger partial charge on any atom is 0.135 e. The minimum absolute atomic E-state index is 0.610. The number of nitrogens with one attached hydrogen (secondary N) is 1. The van der Waals surface area contributed by atoms with Gasteiger partial charge in [-0.2, -0.15) is 0 Å². The molecule has 0 amide bonds. The van der Waals surface area contributed by atoms with Crippen molar-refractivity contribution < 1.29 is 0 Å². The summed E-state index contributed by atoms with van der Waals surface area (Å²) in [6, 6.07) is 0. The van der Waals surface area contributed by atoms with Crippen molar-refractivity contribution in [3.8, 4) is 0 Å². The van der Waals surface area contributed by atoms with Crippen LogP contribution in [0, 0.1) is 6.92 Å². The van der Waals surface area contributed by atoms with Crippen LogP contribution in [-0.2, 0) is 0 Å². The Morgan fingerprint density at radius 1 is 1.32 bits per heavy atom. The van der Waals surface area contributed by atoms with E-state index in [1.165, 1.54) is 29.9 Å². The fourth-order valence-electron chi connectivity index (χ4n) is 1.84. The third-order valence-electron chi connectivity index (χ3n) is 3.49. The summed E-state index contributed by atoms with van der Waals surface area (Å²) in [6.45, 7) is 9.79. The van der Waals surface area contributed by atoms with Crippen LogP contribution in [0.25, 0.3) is 0 Å². The molecule has 1 heterocycles. The Morgan fingerprint density at radius 2 is 2.05 bits per heavy atom. The predicted molar refractivity (Wildman–Crippen MR) is 83.1 cm³/mol. The van der Waals surface area contributed by atoms with Gasteiger partial charge in [0.05, 0.1) is 0 Å². The summed E-state index contributed by atoms with van der Waals surface area (Å²) < 4.78 is 0. The number of thioether (sulfide) groups is 1.